The van der Waals surface area contributed by atoms with E-state index in [1.165, 1.54) is 40.2 Å². The third-order valence-electron chi connectivity index (χ3n) is 3.81. The highest BCUT2D eigenvalue weighted by Crippen LogP contribution is 2.36. The Balaban J connectivity index is 2.61. The molecule has 146 valence electrons. The highest BCUT2D eigenvalue weighted by Gasteiger charge is 2.22. The fraction of sp³-hybridized carbons (Fsp3) is 0.389. The molecule has 2 atom stereocenters. The van der Waals surface area contributed by atoms with Gasteiger partial charge in [0, 0.05) is 12.1 Å². The van der Waals surface area contributed by atoms with Crippen LogP contribution in [0.4, 0.5) is 0 Å². The number of carbonyl (C=O) groups is 2. The van der Waals surface area contributed by atoms with Gasteiger partial charge < -0.3 is 23.4 Å². The summed E-state index contributed by atoms with van der Waals surface area (Å²) in [7, 11) is 2.47. The molecule has 0 bridgehead atoms. The van der Waals surface area contributed by atoms with Crippen LogP contribution in [0, 0.1) is 6.92 Å². The molecule has 0 fully saturated rings. The van der Waals surface area contributed by atoms with E-state index in [0.29, 0.717) is 10.9 Å². The Morgan fingerprint density at radius 2 is 1.59 bits per heavy atom. The number of esters is 2. The molecule has 0 radical (unpaired) electrons. The van der Waals surface area contributed by atoms with Crippen molar-refractivity contribution in [1.82, 2.24) is 0 Å². The maximum atomic E-state index is 11.9. The summed E-state index contributed by atoms with van der Waals surface area (Å²) >= 11 is 5.99. The van der Waals surface area contributed by atoms with Crippen molar-refractivity contribution in [3.63, 3.8) is 0 Å². The monoisotopic (exact) mass is 398 g/mol. The van der Waals surface area contributed by atoms with E-state index in [1.807, 2.05) is 0 Å². The molecule has 0 saturated heterocycles. The number of fused-ring (bicyclic) bond motifs is 1. The molecule has 8 nitrogen and oxygen atoms in total. The minimum Gasteiger partial charge on any atom is -0.479 e. The van der Waals surface area contributed by atoms with Crippen LogP contribution in [0.5, 0.6) is 11.5 Å². The normalized spacial score (nSPS) is 13.0. The van der Waals surface area contributed by atoms with Crippen LogP contribution in [0.1, 0.15) is 19.4 Å². The van der Waals surface area contributed by atoms with E-state index in [2.05, 4.69) is 9.47 Å². The molecule has 0 saturated carbocycles. The number of carbonyl (C=O) groups excluding carboxylic acids is 2. The molecule has 0 amide bonds. The first-order chi connectivity index (χ1) is 12.7. The van der Waals surface area contributed by atoms with Gasteiger partial charge in [0.25, 0.3) is 0 Å². The molecule has 0 aliphatic carbocycles. The Bertz CT molecular complexity index is 933. The molecule has 0 aliphatic heterocycles. The summed E-state index contributed by atoms with van der Waals surface area (Å²) in [6.07, 6.45) is -1.87. The summed E-state index contributed by atoms with van der Waals surface area (Å²) in [6, 6.07) is 2.89. The van der Waals surface area contributed by atoms with Crippen molar-refractivity contribution in [2.24, 2.45) is 0 Å². The number of ether oxygens (including phenoxy) is 4. The van der Waals surface area contributed by atoms with Gasteiger partial charge in [-0.15, -0.1) is 0 Å². The number of hydrogen-bond donors (Lipinski definition) is 0. The summed E-state index contributed by atoms with van der Waals surface area (Å²) in [5, 5.41) is 0.295. The SMILES string of the molecule is COC(=O)[C@H](C)Oc1cc(O[C@H](C)C(=O)OC)c2c(C)c(Cl)c(=O)oc2c1. The van der Waals surface area contributed by atoms with Crippen LogP contribution >= 0.6 is 11.6 Å². The number of halogens is 1. The third-order valence-corrected chi connectivity index (χ3v) is 4.25. The maximum Gasteiger partial charge on any atom is 0.355 e. The van der Waals surface area contributed by atoms with E-state index in [-0.39, 0.29) is 22.1 Å². The molecular formula is C18H19ClO8. The molecule has 0 unspecified atom stereocenters. The van der Waals surface area contributed by atoms with E-state index >= 15 is 0 Å². The predicted octanol–water partition coefficient (Wildman–Crippen LogP) is 2.64. The molecule has 0 spiro atoms. The number of rotatable bonds is 6. The minimum absolute atomic E-state index is 0.102. The number of methoxy groups -OCH3 is 2. The van der Waals surface area contributed by atoms with Crippen molar-refractivity contribution >= 4 is 34.5 Å². The van der Waals surface area contributed by atoms with Crippen molar-refractivity contribution in [3.05, 3.63) is 33.1 Å². The highest BCUT2D eigenvalue weighted by atomic mass is 35.5. The molecule has 2 rings (SSSR count). The van der Waals surface area contributed by atoms with Gasteiger partial charge in [0.1, 0.15) is 22.1 Å². The van der Waals surface area contributed by atoms with E-state index in [4.69, 9.17) is 25.5 Å². The van der Waals surface area contributed by atoms with Gasteiger partial charge in [-0.1, -0.05) is 11.6 Å². The molecule has 1 aromatic heterocycles. The van der Waals surface area contributed by atoms with E-state index in [1.54, 1.807) is 6.92 Å². The van der Waals surface area contributed by atoms with Crippen LogP contribution < -0.4 is 15.1 Å². The number of benzene rings is 1. The lowest BCUT2D eigenvalue weighted by molar-refractivity contribution is -0.148. The Hall–Kier alpha value is -2.74. The summed E-state index contributed by atoms with van der Waals surface area (Å²) in [5.41, 5.74) is -0.183. The van der Waals surface area contributed by atoms with Crippen molar-refractivity contribution < 1.29 is 33.0 Å². The van der Waals surface area contributed by atoms with Crippen LogP contribution in [0.3, 0.4) is 0 Å². The molecule has 2 aromatic rings. The van der Waals surface area contributed by atoms with Crippen LogP contribution in [-0.4, -0.2) is 38.4 Å². The predicted molar refractivity (Wildman–Crippen MR) is 96.4 cm³/mol. The van der Waals surface area contributed by atoms with Crippen LogP contribution in [0.15, 0.2) is 21.3 Å². The van der Waals surface area contributed by atoms with Gasteiger partial charge in [0.15, 0.2) is 12.2 Å². The smallest absolute Gasteiger partial charge is 0.355 e. The first-order valence-corrected chi connectivity index (χ1v) is 8.33. The summed E-state index contributed by atoms with van der Waals surface area (Å²) in [6.45, 7) is 4.62. The number of aryl methyl sites for hydroxylation is 1. The van der Waals surface area contributed by atoms with Crippen LogP contribution in [-0.2, 0) is 19.1 Å². The third kappa shape index (κ3) is 4.33. The second-order valence-corrected chi connectivity index (χ2v) is 6.07. The molecule has 27 heavy (non-hydrogen) atoms. The summed E-state index contributed by atoms with van der Waals surface area (Å²) in [4.78, 5) is 35.2. The molecule has 0 N–H and O–H groups in total. The first kappa shape index (κ1) is 20.6. The number of hydrogen-bond acceptors (Lipinski definition) is 8. The van der Waals surface area contributed by atoms with Gasteiger partial charge in [-0.3, -0.25) is 0 Å². The molecule has 0 aliphatic rings. The topological polar surface area (TPSA) is 101 Å². The van der Waals surface area contributed by atoms with Gasteiger partial charge in [0.05, 0.1) is 19.6 Å². The fourth-order valence-corrected chi connectivity index (χ4v) is 2.54. The first-order valence-electron chi connectivity index (χ1n) is 7.95. The van der Waals surface area contributed by atoms with Gasteiger partial charge in [-0.05, 0) is 26.3 Å². The van der Waals surface area contributed by atoms with Gasteiger partial charge in [-0.25, -0.2) is 14.4 Å². The van der Waals surface area contributed by atoms with Crippen molar-refractivity contribution in [1.29, 1.82) is 0 Å². The summed E-state index contributed by atoms with van der Waals surface area (Å²) < 4.78 is 25.7. The summed E-state index contributed by atoms with van der Waals surface area (Å²) in [5.74, 6) is -0.828. The van der Waals surface area contributed by atoms with Gasteiger partial charge in [0.2, 0.25) is 0 Å². The van der Waals surface area contributed by atoms with Crippen molar-refractivity contribution in [2.45, 2.75) is 33.0 Å². The molecule has 9 heteroatoms. The van der Waals surface area contributed by atoms with Gasteiger partial charge >= 0.3 is 17.6 Å². The zero-order chi connectivity index (χ0) is 20.3. The minimum atomic E-state index is -0.948. The Morgan fingerprint density at radius 3 is 2.15 bits per heavy atom. The quantitative estimate of drug-likeness (QED) is 0.540. The molecular weight excluding hydrogens is 380 g/mol. The van der Waals surface area contributed by atoms with E-state index in [0.717, 1.165) is 0 Å². The molecule has 1 aromatic carbocycles. The average Bonchev–Trinajstić information content (AvgIpc) is 2.64. The molecule has 1 heterocycles. The Morgan fingerprint density at radius 1 is 1.04 bits per heavy atom. The lowest BCUT2D eigenvalue weighted by Gasteiger charge is -2.18. The zero-order valence-electron chi connectivity index (χ0n) is 15.5. The lowest BCUT2D eigenvalue weighted by Crippen LogP contribution is -2.26. The van der Waals surface area contributed by atoms with Crippen molar-refractivity contribution in [3.8, 4) is 11.5 Å². The Kier molecular flexibility index (Phi) is 6.32. The fourth-order valence-electron chi connectivity index (χ4n) is 2.41. The van der Waals surface area contributed by atoms with Crippen molar-refractivity contribution in [2.75, 3.05) is 14.2 Å². The van der Waals surface area contributed by atoms with E-state index < -0.39 is 29.8 Å². The van der Waals surface area contributed by atoms with Gasteiger partial charge in [-0.2, -0.15) is 0 Å². The van der Waals surface area contributed by atoms with E-state index in [9.17, 15) is 14.4 Å². The lowest BCUT2D eigenvalue weighted by atomic mass is 10.1. The maximum absolute atomic E-state index is 11.9. The average molecular weight is 399 g/mol. The largest absolute Gasteiger partial charge is 0.479 e. The second kappa shape index (κ2) is 8.30. The Labute approximate surface area is 159 Å². The highest BCUT2D eigenvalue weighted by molar-refractivity contribution is 6.32. The van der Waals surface area contributed by atoms with Crippen LogP contribution in [0.25, 0.3) is 11.0 Å². The van der Waals surface area contributed by atoms with Crippen LogP contribution in [0.2, 0.25) is 5.02 Å². The standard InChI is InChI=1S/C18H19ClO8/c1-8-14-12(26-10(3)17(21)24-5)6-11(25-9(2)16(20)23-4)7-13(14)27-18(22)15(8)19/h6-7,9-10H,1-5H3/t9-,10+/m0/s1. The zero-order valence-corrected chi connectivity index (χ0v) is 16.2. The second-order valence-electron chi connectivity index (χ2n) is 5.69.